The molecule has 2 rings (SSSR count). The Morgan fingerprint density at radius 3 is 2.33 bits per heavy atom. The Kier molecular flexibility index (Phi) is 4.40. The van der Waals surface area contributed by atoms with E-state index in [9.17, 15) is 4.79 Å². The van der Waals surface area contributed by atoms with Gasteiger partial charge in [-0.2, -0.15) is 0 Å². The third-order valence-corrected chi connectivity index (χ3v) is 3.50. The zero-order chi connectivity index (χ0) is 15.6. The van der Waals surface area contributed by atoms with E-state index >= 15 is 0 Å². The normalized spacial score (nSPS) is 11.1. The van der Waals surface area contributed by atoms with Crippen molar-refractivity contribution in [2.75, 3.05) is 12.8 Å². The molecule has 2 aromatic rings. The molecule has 1 aromatic carbocycles. The molecule has 0 amide bonds. The van der Waals surface area contributed by atoms with Crippen LogP contribution in [0.5, 0.6) is 5.75 Å². The zero-order valence-corrected chi connectivity index (χ0v) is 13.1. The van der Waals surface area contributed by atoms with Gasteiger partial charge in [0.2, 0.25) is 0 Å². The van der Waals surface area contributed by atoms with Gasteiger partial charge in [0.1, 0.15) is 11.4 Å². The standard InChI is InChI=1S/C16H23N3O2/c1-5-18-14(10-11(2)3)15(17)16(20)19(18)12-6-8-13(21-4)9-7-12/h6-9,11H,5,10,17H2,1-4H3. The van der Waals surface area contributed by atoms with E-state index in [2.05, 4.69) is 13.8 Å². The van der Waals surface area contributed by atoms with Crippen molar-refractivity contribution in [3.63, 3.8) is 0 Å². The Morgan fingerprint density at radius 1 is 1.24 bits per heavy atom. The molecule has 0 aliphatic rings. The fourth-order valence-electron chi connectivity index (χ4n) is 2.52. The molecule has 2 N–H and O–H groups in total. The fraction of sp³-hybridized carbons (Fsp3) is 0.438. The number of hydrogen-bond donors (Lipinski definition) is 1. The van der Waals surface area contributed by atoms with Crippen LogP contribution in [0.15, 0.2) is 29.1 Å². The topological polar surface area (TPSA) is 62.2 Å². The minimum Gasteiger partial charge on any atom is -0.497 e. The summed E-state index contributed by atoms with van der Waals surface area (Å²) in [6, 6.07) is 7.41. The van der Waals surface area contributed by atoms with Gasteiger partial charge in [0, 0.05) is 6.54 Å². The van der Waals surface area contributed by atoms with E-state index in [0.717, 1.165) is 23.6 Å². The number of methoxy groups -OCH3 is 1. The van der Waals surface area contributed by atoms with Crippen LogP contribution < -0.4 is 16.0 Å². The summed E-state index contributed by atoms with van der Waals surface area (Å²) in [6.45, 7) is 6.95. The highest BCUT2D eigenvalue weighted by Gasteiger charge is 2.18. The monoisotopic (exact) mass is 289 g/mol. The molecule has 114 valence electrons. The molecule has 5 heteroatoms. The number of benzene rings is 1. The minimum atomic E-state index is -0.155. The average Bonchev–Trinajstić information content (AvgIpc) is 2.71. The van der Waals surface area contributed by atoms with Crippen molar-refractivity contribution < 1.29 is 4.74 Å². The van der Waals surface area contributed by atoms with Crippen LogP contribution in [0.1, 0.15) is 26.5 Å². The molecule has 0 aliphatic heterocycles. The first kappa shape index (κ1) is 15.2. The molecule has 0 saturated carbocycles. The highest BCUT2D eigenvalue weighted by Crippen LogP contribution is 2.19. The molecule has 1 aromatic heterocycles. The van der Waals surface area contributed by atoms with Crippen LogP contribution in [0.25, 0.3) is 5.69 Å². The number of anilines is 1. The Labute approximate surface area is 124 Å². The van der Waals surface area contributed by atoms with Crippen molar-refractivity contribution in [3.8, 4) is 11.4 Å². The van der Waals surface area contributed by atoms with Gasteiger partial charge in [0.25, 0.3) is 5.56 Å². The molecular formula is C16H23N3O2. The Morgan fingerprint density at radius 2 is 1.86 bits per heavy atom. The van der Waals surface area contributed by atoms with Crippen LogP contribution in [0.3, 0.4) is 0 Å². The fourth-order valence-corrected chi connectivity index (χ4v) is 2.52. The Hall–Kier alpha value is -2.17. The van der Waals surface area contributed by atoms with Gasteiger partial charge in [0.05, 0.1) is 18.5 Å². The summed E-state index contributed by atoms with van der Waals surface area (Å²) in [7, 11) is 1.62. The van der Waals surface area contributed by atoms with E-state index in [0.29, 0.717) is 18.2 Å². The lowest BCUT2D eigenvalue weighted by Gasteiger charge is -2.14. The number of aromatic nitrogens is 2. The molecule has 0 unspecified atom stereocenters. The molecule has 21 heavy (non-hydrogen) atoms. The third-order valence-electron chi connectivity index (χ3n) is 3.50. The maximum Gasteiger partial charge on any atom is 0.294 e. The van der Waals surface area contributed by atoms with Gasteiger partial charge in [-0.25, -0.2) is 4.68 Å². The second-order valence-electron chi connectivity index (χ2n) is 5.49. The van der Waals surface area contributed by atoms with Crippen molar-refractivity contribution >= 4 is 5.69 Å². The lowest BCUT2D eigenvalue weighted by molar-refractivity contribution is 0.414. The summed E-state index contributed by atoms with van der Waals surface area (Å²) >= 11 is 0. The van der Waals surface area contributed by atoms with E-state index in [1.807, 2.05) is 35.9 Å². The van der Waals surface area contributed by atoms with Crippen molar-refractivity contribution in [1.82, 2.24) is 9.36 Å². The van der Waals surface area contributed by atoms with Crippen LogP contribution in [-0.2, 0) is 13.0 Å². The predicted octanol–water partition coefficient (Wildman–Crippen LogP) is 2.45. The van der Waals surface area contributed by atoms with Gasteiger partial charge < -0.3 is 10.5 Å². The number of hydrogen-bond acceptors (Lipinski definition) is 3. The second kappa shape index (κ2) is 6.08. The zero-order valence-electron chi connectivity index (χ0n) is 13.1. The van der Waals surface area contributed by atoms with Crippen LogP contribution >= 0.6 is 0 Å². The predicted molar refractivity (Wildman–Crippen MR) is 85.2 cm³/mol. The van der Waals surface area contributed by atoms with Gasteiger partial charge in [0.15, 0.2) is 0 Å². The highest BCUT2D eigenvalue weighted by atomic mass is 16.5. The largest absolute Gasteiger partial charge is 0.497 e. The van der Waals surface area contributed by atoms with E-state index in [1.165, 1.54) is 0 Å². The van der Waals surface area contributed by atoms with Gasteiger partial charge in [-0.1, -0.05) is 13.8 Å². The molecule has 0 aliphatic carbocycles. The lowest BCUT2D eigenvalue weighted by Crippen LogP contribution is -2.22. The molecule has 0 bridgehead atoms. The summed E-state index contributed by atoms with van der Waals surface area (Å²) in [5, 5.41) is 0. The average molecular weight is 289 g/mol. The molecule has 0 spiro atoms. The molecule has 5 nitrogen and oxygen atoms in total. The van der Waals surface area contributed by atoms with Crippen molar-refractivity contribution in [2.45, 2.75) is 33.7 Å². The van der Waals surface area contributed by atoms with Crippen LogP contribution in [0.4, 0.5) is 5.69 Å². The minimum absolute atomic E-state index is 0.155. The number of nitrogens with zero attached hydrogens (tertiary/aromatic N) is 2. The summed E-state index contributed by atoms with van der Waals surface area (Å²) in [6.07, 6.45) is 0.790. The Balaban J connectivity index is 2.59. The van der Waals surface area contributed by atoms with Gasteiger partial charge in [-0.05, 0) is 43.5 Å². The van der Waals surface area contributed by atoms with Crippen LogP contribution in [0, 0.1) is 5.92 Å². The number of nitrogen functional groups attached to an aromatic ring is 1. The summed E-state index contributed by atoms with van der Waals surface area (Å²) in [5.41, 5.74) is 7.94. The molecule has 0 radical (unpaired) electrons. The maximum atomic E-state index is 12.5. The summed E-state index contributed by atoms with van der Waals surface area (Å²) < 4.78 is 8.76. The maximum absolute atomic E-state index is 12.5. The number of ether oxygens (including phenoxy) is 1. The first-order chi connectivity index (χ1) is 9.99. The summed E-state index contributed by atoms with van der Waals surface area (Å²) in [5.74, 6) is 1.20. The van der Waals surface area contributed by atoms with Crippen molar-refractivity contribution in [2.24, 2.45) is 5.92 Å². The highest BCUT2D eigenvalue weighted by molar-refractivity contribution is 5.46. The van der Waals surface area contributed by atoms with E-state index < -0.39 is 0 Å². The smallest absolute Gasteiger partial charge is 0.294 e. The molecule has 0 atom stereocenters. The first-order valence-electron chi connectivity index (χ1n) is 7.24. The number of rotatable bonds is 5. The SMILES string of the molecule is CCn1c(CC(C)C)c(N)c(=O)n1-c1ccc(OC)cc1. The quantitative estimate of drug-likeness (QED) is 0.919. The second-order valence-corrected chi connectivity index (χ2v) is 5.49. The Bertz CT molecular complexity index is 666. The molecular weight excluding hydrogens is 266 g/mol. The lowest BCUT2D eigenvalue weighted by atomic mass is 10.1. The molecule has 0 fully saturated rings. The first-order valence-corrected chi connectivity index (χ1v) is 7.24. The van der Waals surface area contributed by atoms with E-state index in [-0.39, 0.29) is 5.56 Å². The van der Waals surface area contributed by atoms with Crippen LogP contribution in [0.2, 0.25) is 0 Å². The van der Waals surface area contributed by atoms with Gasteiger partial charge in [-0.15, -0.1) is 0 Å². The third kappa shape index (κ3) is 2.82. The summed E-state index contributed by atoms with van der Waals surface area (Å²) in [4.78, 5) is 12.5. The van der Waals surface area contributed by atoms with Gasteiger partial charge >= 0.3 is 0 Å². The van der Waals surface area contributed by atoms with E-state index in [4.69, 9.17) is 10.5 Å². The van der Waals surface area contributed by atoms with E-state index in [1.54, 1.807) is 11.8 Å². The molecule has 1 heterocycles. The van der Waals surface area contributed by atoms with Gasteiger partial charge in [-0.3, -0.25) is 9.48 Å². The van der Waals surface area contributed by atoms with Crippen LogP contribution in [-0.4, -0.2) is 16.5 Å². The van der Waals surface area contributed by atoms with Crippen molar-refractivity contribution in [1.29, 1.82) is 0 Å². The van der Waals surface area contributed by atoms with Crippen molar-refractivity contribution in [3.05, 3.63) is 40.3 Å². The molecule has 0 saturated heterocycles. The number of nitrogens with two attached hydrogens (primary N) is 1.